The lowest BCUT2D eigenvalue weighted by Gasteiger charge is -2.32. The molecule has 2 aromatic rings. The molecule has 0 spiro atoms. The number of H-pyrrole nitrogens is 1. The summed E-state index contributed by atoms with van der Waals surface area (Å²) in [5, 5.41) is 13.3. The number of nitrogens with one attached hydrogen (secondary N) is 1. The number of nitrogens with zero attached hydrogens (tertiary/aromatic N) is 4. The Hall–Kier alpha value is -2.64. The Morgan fingerprint density at radius 2 is 2.30 bits per heavy atom. The molecule has 20 heavy (non-hydrogen) atoms. The highest BCUT2D eigenvalue weighted by Gasteiger charge is 2.36. The first-order valence-corrected chi connectivity index (χ1v) is 6.10. The van der Waals surface area contributed by atoms with Crippen LogP contribution in [0.5, 0.6) is 0 Å². The number of aromatic amines is 1. The second-order valence-electron chi connectivity index (χ2n) is 4.72. The fraction of sp³-hybridized carbons (Fsp3) is 0.333. The second-order valence-corrected chi connectivity index (χ2v) is 4.72. The largest absolute Gasteiger partial charge is 0.480 e. The summed E-state index contributed by atoms with van der Waals surface area (Å²) in [7, 11) is 1.70. The van der Waals surface area contributed by atoms with E-state index in [0.717, 1.165) is 5.69 Å². The van der Waals surface area contributed by atoms with Crippen molar-refractivity contribution in [2.45, 2.75) is 19.0 Å². The van der Waals surface area contributed by atoms with E-state index in [1.807, 2.05) is 0 Å². The molecule has 2 N–H and O–H groups in total. The molecule has 1 atom stereocenters. The van der Waals surface area contributed by atoms with Crippen LogP contribution in [0.1, 0.15) is 21.7 Å². The van der Waals surface area contributed by atoms with Crippen molar-refractivity contribution < 1.29 is 14.7 Å². The quantitative estimate of drug-likeness (QED) is 0.789. The summed E-state index contributed by atoms with van der Waals surface area (Å²) in [6.45, 7) is 0.208. The topological polar surface area (TPSA) is 104 Å². The van der Waals surface area contributed by atoms with E-state index in [1.54, 1.807) is 13.2 Å². The van der Waals surface area contributed by atoms with Gasteiger partial charge in [-0.1, -0.05) is 0 Å². The van der Waals surface area contributed by atoms with E-state index in [2.05, 4.69) is 15.1 Å². The van der Waals surface area contributed by atoms with Crippen molar-refractivity contribution in [3.8, 4) is 0 Å². The van der Waals surface area contributed by atoms with Gasteiger partial charge in [-0.25, -0.2) is 9.78 Å². The highest BCUT2D eigenvalue weighted by molar-refractivity contribution is 5.96. The van der Waals surface area contributed by atoms with Crippen molar-refractivity contribution in [1.82, 2.24) is 24.6 Å². The lowest BCUT2D eigenvalue weighted by atomic mass is 10.0. The molecule has 1 unspecified atom stereocenters. The third-order valence-electron chi connectivity index (χ3n) is 3.40. The number of carboxylic acids is 1. The molecule has 0 saturated heterocycles. The smallest absolute Gasteiger partial charge is 0.326 e. The first kappa shape index (κ1) is 12.4. The molecule has 0 bridgehead atoms. The first-order chi connectivity index (χ1) is 9.56. The molecule has 1 amide bonds. The number of hydrogen-bond donors (Lipinski definition) is 2. The molecule has 104 valence electrons. The van der Waals surface area contributed by atoms with E-state index in [9.17, 15) is 14.7 Å². The van der Waals surface area contributed by atoms with Crippen LogP contribution in [0.15, 0.2) is 18.7 Å². The zero-order chi connectivity index (χ0) is 14.3. The van der Waals surface area contributed by atoms with Crippen LogP contribution in [-0.2, 0) is 24.8 Å². The molecular weight excluding hydrogens is 262 g/mol. The van der Waals surface area contributed by atoms with Crippen molar-refractivity contribution in [2.24, 2.45) is 7.05 Å². The summed E-state index contributed by atoms with van der Waals surface area (Å²) in [6, 6.07) is -0.904. The molecular formula is C12H13N5O3. The van der Waals surface area contributed by atoms with E-state index in [0.29, 0.717) is 11.3 Å². The zero-order valence-electron chi connectivity index (χ0n) is 10.8. The maximum absolute atomic E-state index is 12.4. The molecule has 8 nitrogen and oxygen atoms in total. The Morgan fingerprint density at radius 3 is 2.95 bits per heavy atom. The number of aryl methyl sites for hydroxylation is 1. The summed E-state index contributed by atoms with van der Waals surface area (Å²) < 4.78 is 1.51. The molecule has 3 heterocycles. The van der Waals surface area contributed by atoms with E-state index in [1.165, 1.54) is 22.1 Å². The number of imidazole rings is 1. The van der Waals surface area contributed by atoms with Crippen LogP contribution in [0.2, 0.25) is 0 Å². The van der Waals surface area contributed by atoms with Crippen molar-refractivity contribution in [3.05, 3.63) is 35.7 Å². The number of carboxylic acid groups (broad SMARTS) is 1. The predicted molar refractivity (Wildman–Crippen MR) is 66.8 cm³/mol. The maximum Gasteiger partial charge on any atom is 0.326 e. The van der Waals surface area contributed by atoms with Gasteiger partial charge in [0.2, 0.25) is 0 Å². The standard InChI is InChI=1S/C12H13N5O3/c1-16-4-7(3-15-16)11(18)17-5-9-8(13-6-14-9)2-10(17)12(19)20/h3-4,6,10H,2,5H2,1H3,(H,13,14)(H,19,20). The summed E-state index contributed by atoms with van der Waals surface area (Å²) in [5.41, 5.74) is 1.86. The molecule has 2 aromatic heterocycles. The Labute approximate surface area is 114 Å². The molecule has 1 aliphatic rings. The van der Waals surface area contributed by atoms with Crippen LogP contribution in [0.3, 0.4) is 0 Å². The summed E-state index contributed by atoms with van der Waals surface area (Å²) >= 11 is 0. The molecule has 1 aliphatic heterocycles. The van der Waals surface area contributed by atoms with Crippen molar-refractivity contribution in [3.63, 3.8) is 0 Å². The van der Waals surface area contributed by atoms with Crippen LogP contribution in [0.4, 0.5) is 0 Å². The van der Waals surface area contributed by atoms with Crippen LogP contribution in [-0.4, -0.2) is 47.7 Å². The third-order valence-corrected chi connectivity index (χ3v) is 3.40. The lowest BCUT2D eigenvalue weighted by molar-refractivity contribution is -0.142. The number of carbonyl (C=O) groups excluding carboxylic acids is 1. The van der Waals surface area contributed by atoms with Crippen LogP contribution < -0.4 is 0 Å². The average molecular weight is 275 g/mol. The summed E-state index contributed by atoms with van der Waals surface area (Å²) in [4.78, 5) is 32.2. The van der Waals surface area contributed by atoms with Crippen LogP contribution in [0.25, 0.3) is 0 Å². The van der Waals surface area contributed by atoms with Gasteiger partial charge in [0, 0.05) is 19.7 Å². The number of rotatable bonds is 2. The highest BCUT2D eigenvalue weighted by Crippen LogP contribution is 2.22. The van der Waals surface area contributed by atoms with Gasteiger partial charge in [0.25, 0.3) is 5.91 Å². The Kier molecular flexibility index (Phi) is 2.78. The van der Waals surface area contributed by atoms with Gasteiger partial charge < -0.3 is 15.0 Å². The van der Waals surface area contributed by atoms with Gasteiger partial charge in [0.05, 0.1) is 36.0 Å². The molecule has 3 rings (SSSR count). The molecule has 0 saturated carbocycles. The third kappa shape index (κ3) is 1.94. The number of aliphatic carboxylic acids is 1. The Morgan fingerprint density at radius 1 is 1.50 bits per heavy atom. The van der Waals surface area contributed by atoms with Crippen molar-refractivity contribution in [2.75, 3.05) is 0 Å². The number of amides is 1. The Bertz CT molecular complexity index is 674. The van der Waals surface area contributed by atoms with E-state index in [-0.39, 0.29) is 18.9 Å². The molecule has 0 radical (unpaired) electrons. The fourth-order valence-electron chi connectivity index (χ4n) is 2.37. The van der Waals surface area contributed by atoms with E-state index < -0.39 is 12.0 Å². The fourth-order valence-corrected chi connectivity index (χ4v) is 2.37. The lowest BCUT2D eigenvalue weighted by Crippen LogP contribution is -2.48. The minimum atomic E-state index is -1.03. The Balaban J connectivity index is 1.94. The first-order valence-electron chi connectivity index (χ1n) is 6.10. The summed E-state index contributed by atoms with van der Waals surface area (Å²) in [6.07, 6.45) is 4.73. The SMILES string of the molecule is Cn1cc(C(=O)N2Cc3[nH]cnc3CC2C(=O)O)cn1. The minimum Gasteiger partial charge on any atom is -0.480 e. The van der Waals surface area contributed by atoms with Gasteiger partial charge in [-0.15, -0.1) is 0 Å². The molecule has 8 heteroatoms. The molecule has 0 aromatic carbocycles. The monoisotopic (exact) mass is 275 g/mol. The number of carbonyl (C=O) groups is 2. The van der Waals surface area contributed by atoms with E-state index in [4.69, 9.17) is 0 Å². The van der Waals surface area contributed by atoms with Gasteiger partial charge in [0.1, 0.15) is 6.04 Å². The van der Waals surface area contributed by atoms with E-state index >= 15 is 0 Å². The van der Waals surface area contributed by atoms with Gasteiger partial charge in [-0.05, 0) is 0 Å². The van der Waals surface area contributed by atoms with Gasteiger partial charge in [-0.3, -0.25) is 9.48 Å². The second kappa shape index (κ2) is 4.48. The molecule has 0 aliphatic carbocycles. The van der Waals surface area contributed by atoms with Crippen molar-refractivity contribution >= 4 is 11.9 Å². The normalized spacial score (nSPS) is 17.9. The van der Waals surface area contributed by atoms with Crippen LogP contribution >= 0.6 is 0 Å². The van der Waals surface area contributed by atoms with Gasteiger partial charge >= 0.3 is 5.97 Å². The van der Waals surface area contributed by atoms with Gasteiger partial charge in [0.15, 0.2) is 0 Å². The highest BCUT2D eigenvalue weighted by atomic mass is 16.4. The summed E-state index contributed by atoms with van der Waals surface area (Å²) in [5.74, 6) is -1.37. The zero-order valence-corrected chi connectivity index (χ0v) is 10.8. The number of hydrogen-bond acceptors (Lipinski definition) is 4. The minimum absolute atomic E-state index is 0.208. The van der Waals surface area contributed by atoms with Crippen LogP contribution in [0, 0.1) is 0 Å². The van der Waals surface area contributed by atoms with Gasteiger partial charge in [-0.2, -0.15) is 5.10 Å². The van der Waals surface area contributed by atoms with Crippen molar-refractivity contribution in [1.29, 1.82) is 0 Å². The maximum atomic E-state index is 12.4. The number of aromatic nitrogens is 4. The number of fused-ring (bicyclic) bond motifs is 1. The predicted octanol–water partition coefficient (Wildman–Crippen LogP) is -0.205. The average Bonchev–Trinajstić information content (AvgIpc) is 3.04. The molecule has 0 fully saturated rings.